The third kappa shape index (κ3) is 5.17. The summed E-state index contributed by atoms with van der Waals surface area (Å²) < 4.78 is 7.62. The molecule has 2 aromatic carbocycles. The highest BCUT2D eigenvalue weighted by Gasteiger charge is 2.15. The number of rotatable bonds is 6. The number of piperidine rings is 1. The van der Waals surface area contributed by atoms with Crippen molar-refractivity contribution < 1.29 is 24.8 Å². The fourth-order valence-electron chi connectivity index (χ4n) is 4.54. The van der Waals surface area contributed by atoms with Gasteiger partial charge in [-0.25, -0.2) is 5.26 Å². The van der Waals surface area contributed by atoms with Crippen LogP contribution in [0, 0.1) is 0 Å². The van der Waals surface area contributed by atoms with Crippen LogP contribution >= 0.6 is 11.3 Å². The zero-order chi connectivity index (χ0) is 24.2. The van der Waals surface area contributed by atoms with Gasteiger partial charge in [-0.2, -0.15) is 0 Å². The lowest BCUT2D eigenvalue weighted by atomic mass is 10.1. The number of aromatic hydroxyl groups is 1. The van der Waals surface area contributed by atoms with Gasteiger partial charge < -0.3 is 14.7 Å². The molecule has 1 aliphatic heterocycles. The maximum Gasteiger partial charge on any atom is 0.181 e. The van der Waals surface area contributed by atoms with E-state index in [1.807, 2.05) is 24.3 Å². The van der Waals surface area contributed by atoms with Gasteiger partial charge in [-0.3, -0.25) is 9.69 Å². The summed E-state index contributed by atoms with van der Waals surface area (Å²) in [6, 6.07) is 12.6. The first-order chi connectivity index (χ1) is 17.1. The number of nitrogens with zero attached hydrogens (tertiary/aromatic N) is 1. The van der Waals surface area contributed by atoms with E-state index in [1.54, 1.807) is 30.4 Å². The lowest BCUT2D eigenvalue weighted by Gasteiger charge is -2.26. The number of phenols is 1. The van der Waals surface area contributed by atoms with Crippen molar-refractivity contribution in [2.24, 2.45) is 0 Å². The molecule has 0 spiro atoms. The standard InChI is InChI=1S/C28H27NO5S/c30-21-8-4-20(5-9-21)28-26(24-13-10-22(31)18-25(24)35-28)27(34-32)19-6-11-23(12-7-19)33-17-16-29-14-2-1-3-15-29/h4-13,18,31-32H,1-3,14-17H2. The molecule has 2 heterocycles. The summed E-state index contributed by atoms with van der Waals surface area (Å²) in [7, 11) is 0. The van der Waals surface area contributed by atoms with Crippen molar-refractivity contribution in [1.29, 1.82) is 0 Å². The number of carbonyl (C=O) groups excluding carboxylic acids is 1. The number of hydrogen-bond acceptors (Lipinski definition) is 7. The highest BCUT2D eigenvalue weighted by atomic mass is 32.1. The van der Waals surface area contributed by atoms with E-state index in [2.05, 4.69) is 4.90 Å². The lowest BCUT2D eigenvalue weighted by molar-refractivity contribution is -0.170. The van der Waals surface area contributed by atoms with Crippen molar-refractivity contribution in [2.75, 3.05) is 26.2 Å². The maximum absolute atomic E-state index is 11.6. The second-order valence-corrected chi connectivity index (χ2v) is 9.76. The Morgan fingerprint density at radius 2 is 1.71 bits per heavy atom. The summed E-state index contributed by atoms with van der Waals surface area (Å²) in [5, 5.41) is 21.5. The molecule has 7 heteroatoms. The summed E-state index contributed by atoms with van der Waals surface area (Å²) in [5.74, 6) is 1.13. The van der Waals surface area contributed by atoms with Crippen LogP contribution in [-0.4, -0.2) is 47.3 Å². The largest absolute Gasteiger partial charge is 0.508 e. The van der Waals surface area contributed by atoms with E-state index in [0.717, 1.165) is 45.6 Å². The van der Waals surface area contributed by atoms with E-state index in [0.29, 0.717) is 23.1 Å². The number of ether oxygens (including phenoxy) is 1. The van der Waals surface area contributed by atoms with Gasteiger partial charge in [0.05, 0.1) is 0 Å². The summed E-state index contributed by atoms with van der Waals surface area (Å²) in [6.07, 6.45) is 10.4. The van der Waals surface area contributed by atoms with Crippen molar-refractivity contribution in [3.8, 4) is 11.5 Å². The number of hydrogen-bond donors (Lipinski definition) is 2. The fourth-order valence-corrected chi connectivity index (χ4v) is 5.78. The molecule has 1 saturated heterocycles. The Morgan fingerprint density at radius 3 is 2.43 bits per heavy atom. The Bertz CT molecular complexity index is 1390. The predicted molar refractivity (Wildman–Crippen MR) is 138 cm³/mol. The van der Waals surface area contributed by atoms with Gasteiger partial charge in [-0.15, -0.1) is 11.3 Å². The Kier molecular flexibility index (Phi) is 6.99. The summed E-state index contributed by atoms with van der Waals surface area (Å²) in [5.41, 5.74) is 1.51. The summed E-state index contributed by atoms with van der Waals surface area (Å²) in [6.45, 7) is 3.82. The minimum absolute atomic E-state index is 0.0763. The van der Waals surface area contributed by atoms with Crippen molar-refractivity contribution >= 4 is 38.5 Å². The first-order valence-electron chi connectivity index (χ1n) is 11.8. The molecular formula is C28H27NO5S. The molecule has 2 N–H and O–H groups in total. The van der Waals surface area contributed by atoms with Crippen LogP contribution in [0.15, 0.2) is 66.8 Å². The fraction of sp³-hybridized carbons (Fsp3) is 0.250. The zero-order valence-electron chi connectivity index (χ0n) is 19.3. The first-order valence-corrected chi connectivity index (χ1v) is 12.6. The van der Waals surface area contributed by atoms with Gasteiger partial charge in [0.2, 0.25) is 0 Å². The SMILES string of the molecule is O=C1C=CC(=c2sc3cc(O)ccc3c2=C(OO)c2ccc(OCCN3CCCCC3)cc2)C=C1. The number of thiophene rings is 1. The van der Waals surface area contributed by atoms with Crippen LogP contribution in [-0.2, 0) is 9.68 Å². The van der Waals surface area contributed by atoms with Gasteiger partial charge in [0.1, 0.15) is 18.1 Å². The average Bonchev–Trinajstić information content (AvgIpc) is 3.25. The number of carbonyl (C=O) groups is 1. The molecule has 0 radical (unpaired) electrons. The van der Waals surface area contributed by atoms with Crippen LogP contribution in [0.1, 0.15) is 24.8 Å². The predicted octanol–water partition coefficient (Wildman–Crippen LogP) is 3.96. The van der Waals surface area contributed by atoms with E-state index in [9.17, 15) is 15.2 Å². The van der Waals surface area contributed by atoms with Crippen molar-refractivity contribution in [2.45, 2.75) is 19.3 Å². The van der Waals surface area contributed by atoms with Crippen molar-refractivity contribution in [1.82, 2.24) is 4.90 Å². The number of allylic oxidation sites excluding steroid dienone is 4. The molecule has 1 fully saturated rings. The molecule has 1 aromatic heterocycles. The van der Waals surface area contributed by atoms with Crippen LogP contribution < -0.4 is 14.5 Å². The molecule has 1 aliphatic carbocycles. The van der Waals surface area contributed by atoms with Gasteiger partial charge in [0.25, 0.3) is 0 Å². The summed E-state index contributed by atoms with van der Waals surface area (Å²) in [4.78, 5) is 19.0. The second-order valence-electron chi connectivity index (χ2n) is 8.71. The lowest BCUT2D eigenvalue weighted by Crippen LogP contribution is -2.33. The first kappa shape index (κ1) is 23.4. The van der Waals surface area contributed by atoms with Crippen molar-refractivity contribution in [3.05, 3.63) is 82.1 Å². The highest BCUT2D eigenvalue weighted by Crippen LogP contribution is 2.24. The maximum atomic E-state index is 11.6. The minimum atomic E-state index is -0.0763. The van der Waals surface area contributed by atoms with E-state index in [4.69, 9.17) is 9.62 Å². The minimum Gasteiger partial charge on any atom is -0.508 e. The molecule has 5 rings (SSSR count). The number of benzene rings is 2. The third-order valence-corrected chi connectivity index (χ3v) is 7.55. The molecular weight excluding hydrogens is 462 g/mol. The van der Waals surface area contributed by atoms with E-state index in [1.165, 1.54) is 42.8 Å². The van der Waals surface area contributed by atoms with Crippen LogP contribution in [0.3, 0.4) is 0 Å². The molecule has 6 nitrogen and oxygen atoms in total. The monoisotopic (exact) mass is 489 g/mol. The smallest absolute Gasteiger partial charge is 0.181 e. The molecule has 0 atom stereocenters. The van der Waals surface area contributed by atoms with Gasteiger partial charge in [0, 0.05) is 31.9 Å². The van der Waals surface area contributed by atoms with Crippen LogP contribution in [0.25, 0.3) is 21.4 Å². The molecule has 0 unspecified atom stereocenters. The normalized spacial score (nSPS) is 17.2. The van der Waals surface area contributed by atoms with Gasteiger partial charge in [-0.1, -0.05) is 6.42 Å². The topological polar surface area (TPSA) is 79.2 Å². The highest BCUT2D eigenvalue weighted by molar-refractivity contribution is 7.17. The molecule has 2 aliphatic rings. The molecule has 35 heavy (non-hydrogen) atoms. The van der Waals surface area contributed by atoms with Gasteiger partial charge in [0.15, 0.2) is 11.5 Å². The quantitative estimate of drug-likeness (QED) is 0.403. The average molecular weight is 490 g/mol. The number of likely N-dealkylation sites (tertiary alicyclic amines) is 1. The Morgan fingerprint density at radius 1 is 0.971 bits per heavy atom. The van der Waals surface area contributed by atoms with Crippen LogP contribution in [0.2, 0.25) is 0 Å². The van der Waals surface area contributed by atoms with Crippen LogP contribution in [0.5, 0.6) is 11.5 Å². The molecule has 3 aromatic rings. The van der Waals surface area contributed by atoms with Crippen molar-refractivity contribution in [3.63, 3.8) is 0 Å². The second kappa shape index (κ2) is 10.5. The summed E-state index contributed by atoms with van der Waals surface area (Å²) >= 11 is 1.46. The van der Waals surface area contributed by atoms with E-state index in [-0.39, 0.29) is 11.5 Å². The number of fused-ring (bicyclic) bond motifs is 1. The zero-order valence-corrected chi connectivity index (χ0v) is 20.1. The third-order valence-electron chi connectivity index (χ3n) is 6.35. The van der Waals surface area contributed by atoms with Gasteiger partial charge in [-0.05, 0) is 98.3 Å². The molecule has 0 bridgehead atoms. The Hall–Kier alpha value is -3.39. The van der Waals surface area contributed by atoms with E-state index < -0.39 is 0 Å². The number of ketones is 1. The molecule has 0 amide bonds. The number of phenolic OH excluding ortho intramolecular Hbond substituents is 1. The Balaban J connectivity index is 1.52. The van der Waals surface area contributed by atoms with Gasteiger partial charge >= 0.3 is 0 Å². The Labute approximate surface area is 207 Å². The van der Waals surface area contributed by atoms with E-state index >= 15 is 0 Å². The molecule has 0 saturated carbocycles. The molecule has 180 valence electrons. The van der Waals surface area contributed by atoms with Crippen LogP contribution in [0.4, 0.5) is 0 Å².